The van der Waals surface area contributed by atoms with Gasteiger partial charge in [0.05, 0.1) is 5.69 Å². The van der Waals surface area contributed by atoms with Crippen LogP contribution in [0.4, 0.5) is 10.1 Å². The molecule has 1 aromatic carbocycles. The minimum Gasteiger partial charge on any atom is -0.478 e. The van der Waals surface area contributed by atoms with Gasteiger partial charge in [0, 0.05) is 6.04 Å². The first-order chi connectivity index (χ1) is 9.18. The van der Waals surface area contributed by atoms with Crippen molar-refractivity contribution in [1.82, 2.24) is 0 Å². The van der Waals surface area contributed by atoms with Crippen LogP contribution >= 0.6 is 0 Å². The first-order valence-electron chi connectivity index (χ1n) is 6.97. The molecular formula is C15H20FNO2. The lowest BCUT2D eigenvalue weighted by molar-refractivity contribution is 0.0693. The van der Waals surface area contributed by atoms with Crippen molar-refractivity contribution in [2.75, 3.05) is 5.32 Å². The number of carboxylic acid groups (broad SMARTS) is 1. The number of carbonyl (C=O) groups is 1. The number of anilines is 1. The summed E-state index contributed by atoms with van der Waals surface area (Å²) < 4.78 is 13.6. The van der Waals surface area contributed by atoms with Gasteiger partial charge < -0.3 is 10.4 Å². The topological polar surface area (TPSA) is 49.3 Å². The summed E-state index contributed by atoms with van der Waals surface area (Å²) in [5.74, 6) is -1.89. The molecule has 4 heteroatoms. The van der Waals surface area contributed by atoms with Gasteiger partial charge in [0.1, 0.15) is 11.4 Å². The molecule has 0 unspecified atom stereocenters. The van der Waals surface area contributed by atoms with E-state index >= 15 is 0 Å². The van der Waals surface area contributed by atoms with Crippen LogP contribution in [-0.2, 0) is 0 Å². The van der Waals surface area contributed by atoms with E-state index in [-0.39, 0.29) is 11.6 Å². The van der Waals surface area contributed by atoms with Gasteiger partial charge in [-0.25, -0.2) is 9.18 Å². The molecule has 0 spiro atoms. The molecule has 0 radical (unpaired) electrons. The molecule has 0 aliphatic heterocycles. The molecule has 0 aromatic heterocycles. The molecule has 104 valence electrons. The van der Waals surface area contributed by atoms with Gasteiger partial charge in [-0.15, -0.1) is 0 Å². The van der Waals surface area contributed by atoms with Gasteiger partial charge in [0.15, 0.2) is 0 Å². The zero-order chi connectivity index (χ0) is 13.7. The maximum atomic E-state index is 13.6. The largest absolute Gasteiger partial charge is 0.478 e. The van der Waals surface area contributed by atoms with Crippen LogP contribution in [0.3, 0.4) is 0 Å². The summed E-state index contributed by atoms with van der Waals surface area (Å²) in [5.41, 5.74) is 0.155. The molecule has 3 nitrogen and oxygen atoms in total. The standard InChI is InChI=1S/C15H20FNO2/c16-12-9-6-10-13(14(12)15(18)19)17-11-7-4-2-1-3-5-8-11/h6,9-11,17H,1-5,7-8H2,(H,18,19). The molecule has 2 N–H and O–H groups in total. The highest BCUT2D eigenvalue weighted by Crippen LogP contribution is 2.24. The van der Waals surface area contributed by atoms with Gasteiger partial charge in [-0.05, 0) is 25.0 Å². The van der Waals surface area contributed by atoms with E-state index in [4.69, 9.17) is 5.11 Å². The van der Waals surface area contributed by atoms with E-state index in [1.807, 2.05) is 0 Å². The Bertz CT molecular complexity index is 440. The van der Waals surface area contributed by atoms with E-state index in [1.165, 1.54) is 25.3 Å². The van der Waals surface area contributed by atoms with Gasteiger partial charge in [-0.2, -0.15) is 0 Å². The van der Waals surface area contributed by atoms with Crippen molar-refractivity contribution >= 4 is 11.7 Å². The Morgan fingerprint density at radius 3 is 2.42 bits per heavy atom. The molecule has 1 aliphatic rings. The van der Waals surface area contributed by atoms with E-state index in [2.05, 4.69) is 5.32 Å². The van der Waals surface area contributed by atoms with Crippen molar-refractivity contribution in [1.29, 1.82) is 0 Å². The molecule has 0 bridgehead atoms. The second kappa shape index (κ2) is 6.55. The lowest BCUT2D eigenvalue weighted by Gasteiger charge is -2.23. The fraction of sp³-hybridized carbons (Fsp3) is 0.533. The van der Waals surface area contributed by atoms with E-state index in [9.17, 15) is 9.18 Å². The summed E-state index contributed by atoms with van der Waals surface area (Å²) in [5, 5.41) is 12.3. The van der Waals surface area contributed by atoms with Crippen LogP contribution in [0.1, 0.15) is 55.3 Å². The third-order valence-corrected chi connectivity index (χ3v) is 3.69. The fourth-order valence-electron chi connectivity index (χ4n) is 2.68. The number of nitrogens with one attached hydrogen (secondary N) is 1. The van der Waals surface area contributed by atoms with Crippen LogP contribution in [0.5, 0.6) is 0 Å². The predicted molar refractivity (Wildman–Crippen MR) is 73.1 cm³/mol. The van der Waals surface area contributed by atoms with Gasteiger partial charge >= 0.3 is 5.97 Å². The first kappa shape index (κ1) is 13.8. The monoisotopic (exact) mass is 265 g/mol. The Hall–Kier alpha value is -1.58. The van der Waals surface area contributed by atoms with Crippen molar-refractivity contribution in [3.63, 3.8) is 0 Å². The molecule has 1 aliphatic carbocycles. The molecule has 0 saturated heterocycles. The lowest BCUT2D eigenvalue weighted by Crippen LogP contribution is -2.22. The number of aromatic carboxylic acids is 1. The van der Waals surface area contributed by atoms with Crippen LogP contribution in [0, 0.1) is 5.82 Å². The van der Waals surface area contributed by atoms with Crippen molar-refractivity contribution < 1.29 is 14.3 Å². The molecule has 0 heterocycles. The number of benzene rings is 1. The van der Waals surface area contributed by atoms with Crippen molar-refractivity contribution in [2.24, 2.45) is 0 Å². The van der Waals surface area contributed by atoms with Crippen molar-refractivity contribution in [3.05, 3.63) is 29.6 Å². The first-order valence-corrected chi connectivity index (χ1v) is 6.97. The molecule has 0 amide bonds. The molecule has 1 fully saturated rings. The summed E-state index contributed by atoms with van der Waals surface area (Å²) >= 11 is 0. The Morgan fingerprint density at radius 1 is 1.16 bits per heavy atom. The summed E-state index contributed by atoms with van der Waals surface area (Å²) in [7, 11) is 0. The molecule has 1 aromatic rings. The van der Waals surface area contributed by atoms with Crippen molar-refractivity contribution in [2.45, 2.75) is 51.0 Å². The van der Waals surface area contributed by atoms with Crippen molar-refractivity contribution in [3.8, 4) is 0 Å². The number of hydrogen-bond donors (Lipinski definition) is 2. The summed E-state index contributed by atoms with van der Waals surface area (Å²) in [6.07, 6.45) is 8.09. The third-order valence-electron chi connectivity index (χ3n) is 3.69. The summed E-state index contributed by atoms with van der Waals surface area (Å²) in [4.78, 5) is 11.1. The average Bonchev–Trinajstić information content (AvgIpc) is 2.32. The van der Waals surface area contributed by atoms with Gasteiger partial charge in [0.25, 0.3) is 0 Å². The molecule has 1 saturated carbocycles. The third kappa shape index (κ3) is 3.69. The maximum Gasteiger partial charge on any atom is 0.340 e. The fourth-order valence-corrected chi connectivity index (χ4v) is 2.68. The van der Waals surface area contributed by atoms with E-state index < -0.39 is 11.8 Å². The van der Waals surface area contributed by atoms with Crippen LogP contribution in [0.25, 0.3) is 0 Å². The maximum absolute atomic E-state index is 13.6. The Kier molecular flexibility index (Phi) is 4.77. The smallest absolute Gasteiger partial charge is 0.340 e. The van der Waals surface area contributed by atoms with Crippen LogP contribution in [-0.4, -0.2) is 17.1 Å². The Morgan fingerprint density at radius 2 is 1.79 bits per heavy atom. The van der Waals surface area contributed by atoms with Gasteiger partial charge in [0.2, 0.25) is 0 Å². The highest BCUT2D eigenvalue weighted by Gasteiger charge is 2.18. The van der Waals surface area contributed by atoms with E-state index in [0.717, 1.165) is 25.7 Å². The normalized spacial score (nSPS) is 17.5. The Labute approximate surface area is 112 Å². The lowest BCUT2D eigenvalue weighted by atomic mass is 9.96. The van der Waals surface area contributed by atoms with E-state index in [0.29, 0.717) is 5.69 Å². The van der Waals surface area contributed by atoms with Crippen LogP contribution < -0.4 is 5.32 Å². The average molecular weight is 265 g/mol. The highest BCUT2D eigenvalue weighted by molar-refractivity contribution is 5.94. The van der Waals surface area contributed by atoms with Crippen LogP contribution in [0.2, 0.25) is 0 Å². The number of hydrogen-bond acceptors (Lipinski definition) is 2. The zero-order valence-corrected chi connectivity index (χ0v) is 11.0. The second-order valence-electron chi connectivity index (χ2n) is 5.15. The second-order valence-corrected chi connectivity index (χ2v) is 5.15. The number of carboxylic acids is 1. The van der Waals surface area contributed by atoms with Gasteiger partial charge in [-0.1, -0.05) is 38.2 Å². The zero-order valence-electron chi connectivity index (χ0n) is 11.0. The summed E-state index contributed by atoms with van der Waals surface area (Å²) in [6, 6.07) is 4.63. The summed E-state index contributed by atoms with van der Waals surface area (Å²) in [6.45, 7) is 0. The molecule has 2 rings (SSSR count). The highest BCUT2D eigenvalue weighted by atomic mass is 19.1. The quantitative estimate of drug-likeness (QED) is 0.866. The number of halogens is 1. The SMILES string of the molecule is O=C(O)c1c(F)cccc1NC1CCCCCCC1. The molecule has 0 atom stereocenters. The minimum absolute atomic E-state index is 0.246. The number of rotatable bonds is 3. The van der Waals surface area contributed by atoms with Gasteiger partial charge in [-0.3, -0.25) is 0 Å². The molecule has 19 heavy (non-hydrogen) atoms. The Balaban J connectivity index is 2.13. The minimum atomic E-state index is -1.22. The predicted octanol–water partition coefficient (Wildman–Crippen LogP) is 4.05. The van der Waals surface area contributed by atoms with E-state index in [1.54, 1.807) is 12.1 Å². The van der Waals surface area contributed by atoms with Crippen LogP contribution in [0.15, 0.2) is 18.2 Å². The molecular weight excluding hydrogens is 245 g/mol.